The maximum atomic E-state index is 2.67. The molecular weight excluding hydrogens is 436 g/mol. The number of hydrogen-bond donors (Lipinski definition) is 0. The van der Waals surface area contributed by atoms with Gasteiger partial charge in [-0.25, -0.2) is 0 Å². The van der Waals surface area contributed by atoms with Crippen molar-refractivity contribution in [3.8, 4) is 0 Å². The van der Waals surface area contributed by atoms with Crippen LogP contribution in [0.15, 0.2) is 12.4 Å². The van der Waals surface area contributed by atoms with E-state index in [0.717, 1.165) is 0 Å². The lowest BCUT2D eigenvalue weighted by Gasteiger charge is -2.33. The minimum atomic E-state index is 0.642. The molecule has 0 bridgehead atoms. The monoisotopic (exact) mass is 505 g/mol. The molecule has 0 radical (unpaired) electrons. The Bertz CT molecular complexity index is 460. The largest absolute Gasteiger partial charge is 0.356 e. The standard InChI is InChI=1S/C34H68N2/c1-4-7-10-12-14-15-16-17-18-19-20-21-22-23-24-25-27-29-34-35(30-9-6-3)32-33-36(34)31-28-26-13-11-8-5-2/h32-34H,4-31H2,1-3H3. The molecule has 0 spiro atoms. The zero-order valence-electron chi connectivity index (χ0n) is 25.4. The van der Waals surface area contributed by atoms with Crippen LogP contribution in [0.25, 0.3) is 0 Å². The molecule has 0 aromatic carbocycles. The van der Waals surface area contributed by atoms with Crippen LogP contribution in [-0.2, 0) is 0 Å². The van der Waals surface area contributed by atoms with Gasteiger partial charge in [0.2, 0.25) is 0 Å². The minimum absolute atomic E-state index is 0.642. The van der Waals surface area contributed by atoms with Crippen molar-refractivity contribution >= 4 is 0 Å². The summed E-state index contributed by atoms with van der Waals surface area (Å²) in [4.78, 5) is 5.31. The lowest BCUT2D eigenvalue weighted by molar-refractivity contribution is 0.136. The van der Waals surface area contributed by atoms with Crippen molar-refractivity contribution in [3.63, 3.8) is 0 Å². The highest BCUT2D eigenvalue weighted by molar-refractivity contribution is 4.96. The number of rotatable bonds is 28. The highest BCUT2D eigenvalue weighted by Crippen LogP contribution is 2.23. The Hall–Kier alpha value is -0.660. The van der Waals surface area contributed by atoms with Crippen LogP contribution in [0.4, 0.5) is 0 Å². The highest BCUT2D eigenvalue weighted by atomic mass is 15.4. The first-order valence-corrected chi connectivity index (χ1v) is 17.0. The van der Waals surface area contributed by atoms with Gasteiger partial charge in [0.25, 0.3) is 0 Å². The average Bonchev–Trinajstić information content (AvgIpc) is 3.27. The Labute approximate surface area is 229 Å². The Balaban J connectivity index is 2.00. The molecule has 1 heterocycles. The van der Waals surface area contributed by atoms with E-state index < -0.39 is 0 Å². The first-order valence-electron chi connectivity index (χ1n) is 17.0. The normalized spacial score (nSPS) is 15.5. The van der Waals surface area contributed by atoms with Crippen LogP contribution in [0.3, 0.4) is 0 Å². The van der Waals surface area contributed by atoms with Crippen LogP contribution in [0.1, 0.15) is 188 Å². The van der Waals surface area contributed by atoms with Gasteiger partial charge in [0, 0.05) is 25.5 Å². The van der Waals surface area contributed by atoms with Gasteiger partial charge in [-0.15, -0.1) is 0 Å². The lowest BCUT2D eigenvalue weighted by Crippen LogP contribution is -2.39. The van der Waals surface area contributed by atoms with E-state index in [4.69, 9.17) is 0 Å². The Morgan fingerprint density at radius 3 is 1.06 bits per heavy atom. The molecule has 0 aliphatic carbocycles. The van der Waals surface area contributed by atoms with Crippen molar-refractivity contribution in [2.24, 2.45) is 0 Å². The fraction of sp³-hybridized carbons (Fsp3) is 0.941. The molecule has 1 aliphatic rings. The molecule has 1 unspecified atom stereocenters. The fourth-order valence-electron chi connectivity index (χ4n) is 5.81. The Kier molecular flexibility index (Phi) is 24.1. The maximum absolute atomic E-state index is 2.67. The van der Waals surface area contributed by atoms with E-state index in [-0.39, 0.29) is 0 Å². The Morgan fingerprint density at radius 2 is 0.667 bits per heavy atom. The van der Waals surface area contributed by atoms with Crippen LogP contribution < -0.4 is 0 Å². The van der Waals surface area contributed by atoms with Gasteiger partial charge in [-0.05, 0) is 25.7 Å². The molecule has 1 atom stereocenters. The summed E-state index contributed by atoms with van der Waals surface area (Å²) in [5.74, 6) is 0. The summed E-state index contributed by atoms with van der Waals surface area (Å²) in [6, 6.07) is 0. The number of hydrogen-bond acceptors (Lipinski definition) is 2. The SMILES string of the molecule is CCCCCCCCCCCCCCCCCCCC1N(CCCC)C=CN1CCCCCCCC. The van der Waals surface area contributed by atoms with Crippen molar-refractivity contribution in [3.05, 3.63) is 12.4 Å². The van der Waals surface area contributed by atoms with Gasteiger partial charge in [-0.2, -0.15) is 0 Å². The van der Waals surface area contributed by atoms with Gasteiger partial charge in [0.1, 0.15) is 6.17 Å². The predicted molar refractivity (Wildman–Crippen MR) is 163 cm³/mol. The summed E-state index contributed by atoms with van der Waals surface area (Å²) >= 11 is 0. The Morgan fingerprint density at radius 1 is 0.361 bits per heavy atom. The maximum Gasteiger partial charge on any atom is 0.101 e. The molecule has 0 aromatic heterocycles. The second-order valence-corrected chi connectivity index (χ2v) is 11.8. The van der Waals surface area contributed by atoms with Crippen molar-refractivity contribution in [1.82, 2.24) is 9.80 Å². The predicted octanol–water partition coefficient (Wildman–Crippen LogP) is 11.6. The van der Waals surface area contributed by atoms with Gasteiger partial charge >= 0.3 is 0 Å². The van der Waals surface area contributed by atoms with Crippen molar-refractivity contribution in [1.29, 1.82) is 0 Å². The van der Waals surface area contributed by atoms with Gasteiger partial charge in [0.15, 0.2) is 0 Å². The van der Waals surface area contributed by atoms with Gasteiger partial charge in [0.05, 0.1) is 0 Å². The molecule has 0 N–H and O–H groups in total. The second-order valence-electron chi connectivity index (χ2n) is 11.8. The topological polar surface area (TPSA) is 6.48 Å². The van der Waals surface area contributed by atoms with Crippen molar-refractivity contribution < 1.29 is 0 Å². The lowest BCUT2D eigenvalue weighted by atomic mass is 10.0. The summed E-state index contributed by atoms with van der Waals surface area (Å²) in [5.41, 5.74) is 0. The molecule has 36 heavy (non-hydrogen) atoms. The summed E-state index contributed by atoms with van der Waals surface area (Å²) in [7, 11) is 0. The molecule has 0 amide bonds. The summed E-state index contributed by atoms with van der Waals surface area (Å²) < 4.78 is 0. The highest BCUT2D eigenvalue weighted by Gasteiger charge is 2.24. The quantitative estimate of drug-likeness (QED) is 0.0977. The smallest absolute Gasteiger partial charge is 0.101 e. The van der Waals surface area contributed by atoms with Crippen molar-refractivity contribution in [2.45, 2.75) is 194 Å². The van der Waals surface area contributed by atoms with E-state index in [9.17, 15) is 0 Å². The van der Waals surface area contributed by atoms with Crippen LogP contribution in [-0.4, -0.2) is 29.1 Å². The van der Waals surface area contributed by atoms with Crippen LogP contribution in [0.5, 0.6) is 0 Å². The van der Waals surface area contributed by atoms with Gasteiger partial charge in [-0.3, -0.25) is 0 Å². The minimum Gasteiger partial charge on any atom is -0.356 e. The molecule has 2 nitrogen and oxygen atoms in total. The third-order valence-electron chi connectivity index (χ3n) is 8.32. The van der Waals surface area contributed by atoms with Crippen LogP contribution >= 0.6 is 0 Å². The summed E-state index contributed by atoms with van der Waals surface area (Å²) in [6.07, 6.45) is 42.6. The van der Waals surface area contributed by atoms with E-state index in [1.165, 1.54) is 180 Å². The van der Waals surface area contributed by atoms with E-state index in [1.807, 2.05) is 0 Å². The van der Waals surface area contributed by atoms with Gasteiger partial charge < -0.3 is 9.80 Å². The molecule has 0 saturated carbocycles. The van der Waals surface area contributed by atoms with Gasteiger partial charge in [-0.1, -0.05) is 162 Å². The molecule has 0 saturated heterocycles. The fourth-order valence-corrected chi connectivity index (χ4v) is 5.81. The third-order valence-corrected chi connectivity index (χ3v) is 8.32. The molecule has 0 fully saturated rings. The average molecular weight is 505 g/mol. The summed E-state index contributed by atoms with van der Waals surface area (Å²) in [6.45, 7) is 9.43. The van der Waals surface area contributed by atoms with Crippen LogP contribution in [0, 0.1) is 0 Å². The van der Waals surface area contributed by atoms with E-state index in [1.54, 1.807) is 0 Å². The number of nitrogens with zero attached hydrogens (tertiary/aromatic N) is 2. The summed E-state index contributed by atoms with van der Waals surface area (Å²) in [5, 5.41) is 0. The molecular formula is C34H68N2. The van der Waals surface area contributed by atoms with E-state index in [0.29, 0.717) is 6.17 Å². The van der Waals surface area contributed by atoms with Crippen LogP contribution in [0.2, 0.25) is 0 Å². The molecule has 1 aliphatic heterocycles. The first-order chi connectivity index (χ1) is 17.8. The molecule has 2 heteroatoms. The third kappa shape index (κ3) is 18.6. The number of unbranched alkanes of at least 4 members (excludes halogenated alkanes) is 22. The zero-order chi connectivity index (χ0) is 25.9. The molecule has 0 aromatic rings. The first kappa shape index (κ1) is 33.4. The molecule has 1 rings (SSSR count). The second kappa shape index (κ2) is 26.0. The van der Waals surface area contributed by atoms with E-state index in [2.05, 4.69) is 43.0 Å². The zero-order valence-corrected chi connectivity index (χ0v) is 25.4. The van der Waals surface area contributed by atoms with Crippen molar-refractivity contribution in [2.75, 3.05) is 13.1 Å². The molecule has 214 valence electrons. The van der Waals surface area contributed by atoms with E-state index >= 15 is 0 Å².